The van der Waals surface area contributed by atoms with Crippen molar-refractivity contribution in [3.8, 4) is 5.75 Å². The number of hydrogen-bond donors (Lipinski definition) is 1. The number of aromatic hydroxyl groups is 1. The van der Waals surface area contributed by atoms with E-state index in [1.54, 1.807) is 0 Å². The summed E-state index contributed by atoms with van der Waals surface area (Å²) in [5.74, 6) is 1.78. The highest BCUT2D eigenvalue weighted by atomic mass is 16.5. The molecule has 2 atom stereocenters. The number of ether oxygens (including phenoxy) is 1. The van der Waals surface area contributed by atoms with E-state index in [0.29, 0.717) is 23.5 Å². The van der Waals surface area contributed by atoms with Crippen LogP contribution in [-0.2, 0) is 11.2 Å². The monoisotopic (exact) mass is 1070 g/mol. The van der Waals surface area contributed by atoms with E-state index < -0.39 is 0 Å². The van der Waals surface area contributed by atoms with Crippen LogP contribution in [0.15, 0.2) is 211 Å². The van der Waals surface area contributed by atoms with Gasteiger partial charge < -0.3 is 19.6 Å². The zero-order chi connectivity index (χ0) is 59.1. The molecule has 2 heterocycles. The van der Waals surface area contributed by atoms with Gasteiger partial charge in [-0.25, -0.2) is 0 Å². The third kappa shape index (κ3) is 14.2. The molecule has 0 saturated heterocycles. The van der Waals surface area contributed by atoms with Gasteiger partial charge in [0.15, 0.2) is 5.76 Å². The van der Waals surface area contributed by atoms with E-state index in [2.05, 4.69) is 227 Å². The van der Waals surface area contributed by atoms with Gasteiger partial charge in [-0.05, 0) is 169 Å². The van der Waals surface area contributed by atoms with Crippen molar-refractivity contribution in [2.24, 2.45) is 16.7 Å². The number of fused-ring (bicyclic) bond motifs is 5. The first-order valence-corrected chi connectivity index (χ1v) is 29.5. The first-order valence-electron chi connectivity index (χ1n) is 29.5. The average molecular weight is 1070 g/mol. The molecule has 6 aromatic carbocycles. The quantitative estimate of drug-likeness (QED) is 0.0979. The molecule has 0 radical (unpaired) electrons. The number of aryl methyl sites for hydroxylation is 2. The van der Waals surface area contributed by atoms with Gasteiger partial charge in [0, 0.05) is 39.2 Å². The molecule has 8 rings (SSSR count). The second-order valence-corrected chi connectivity index (χ2v) is 22.7. The Labute approximate surface area is 484 Å². The normalized spacial score (nSPS) is 18.7. The van der Waals surface area contributed by atoms with Gasteiger partial charge >= 0.3 is 0 Å². The molecule has 0 saturated carbocycles. The molecule has 2 aliphatic heterocycles. The Morgan fingerprint density at radius 2 is 1.40 bits per heavy atom. The van der Waals surface area contributed by atoms with E-state index in [1.807, 2.05) is 84.1 Å². The third-order valence-corrected chi connectivity index (χ3v) is 15.1. The van der Waals surface area contributed by atoms with Gasteiger partial charge in [0.1, 0.15) is 12.4 Å². The molecular formula is C76H96N2O2. The molecule has 422 valence electrons. The minimum Gasteiger partial charge on any atom is -0.505 e. The zero-order valence-electron chi connectivity index (χ0n) is 52.2. The number of rotatable bonds is 12. The van der Waals surface area contributed by atoms with Crippen molar-refractivity contribution in [3.63, 3.8) is 0 Å². The van der Waals surface area contributed by atoms with Gasteiger partial charge in [-0.3, -0.25) is 0 Å². The van der Waals surface area contributed by atoms with Gasteiger partial charge in [0.2, 0.25) is 0 Å². The smallest absolute Gasteiger partial charge is 0.150 e. The van der Waals surface area contributed by atoms with Crippen LogP contribution in [0.1, 0.15) is 152 Å². The number of benzene rings is 6. The van der Waals surface area contributed by atoms with Crippen molar-refractivity contribution in [2.75, 3.05) is 16.4 Å². The summed E-state index contributed by atoms with van der Waals surface area (Å²) in [6.07, 6.45) is 32.4. The van der Waals surface area contributed by atoms with Crippen molar-refractivity contribution >= 4 is 55.1 Å². The van der Waals surface area contributed by atoms with Crippen LogP contribution in [0.3, 0.4) is 0 Å². The number of phenolic OH excluding ortho intramolecular Hbond substituents is 1. The lowest BCUT2D eigenvalue weighted by Gasteiger charge is -2.32. The van der Waals surface area contributed by atoms with E-state index in [1.165, 1.54) is 39.1 Å². The van der Waals surface area contributed by atoms with E-state index in [9.17, 15) is 5.11 Å². The topological polar surface area (TPSA) is 35.9 Å². The highest BCUT2D eigenvalue weighted by Gasteiger charge is 2.33. The highest BCUT2D eigenvalue weighted by Crippen LogP contribution is 2.51. The van der Waals surface area contributed by atoms with Crippen LogP contribution in [0, 0.1) is 30.6 Å². The van der Waals surface area contributed by atoms with E-state index in [0.717, 1.165) is 85.8 Å². The van der Waals surface area contributed by atoms with E-state index >= 15 is 0 Å². The first kappa shape index (κ1) is 63.5. The molecule has 1 N–H and O–H groups in total. The number of allylic oxidation sites excluding steroid dienone is 15. The van der Waals surface area contributed by atoms with Crippen LogP contribution in [0.2, 0.25) is 0 Å². The third-order valence-electron chi connectivity index (χ3n) is 15.1. The summed E-state index contributed by atoms with van der Waals surface area (Å²) in [4.78, 5) is 4.62. The summed E-state index contributed by atoms with van der Waals surface area (Å²) >= 11 is 0. The van der Waals surface area contributed by atoms with Crippen molar-refractivity contribution in [3.05, 3.63) is 233 Å². The molecule has 0 fully saturated rings. The Balaban J connectivity index is 0.000000892. The second-order valence-electron chi connectivity index (χ2n) is 22.7. The molecule has 2 unspecified atom stereocenters. The van der Waals surface area contributed by atoms with Crippen molar-refractivity contribution in [2.45, 2.75) is 150 Å². The zero-order valence-corrected chi connectivity index (χ0v) is 52.2. The van der Waals surface area contributed by atoms with Gasteiger partial charge in [-0.1, -0.05) is 218 Å². The SMILES string of the molecule is C=C1/C=C\C=C2/CO/C(=C(/C=C\C)N(c3cc(C)c4ccc5c(N(C(/C=C\C=C/C)=C/C)c6cccc(C(C)/C=C\C=C/C)c6O)cc(C)c6ccc3c4c65)c3cccc(c3)CC2(C)CC)C1=C.CC.CC.CC(C)CC(C)(C)C. The summed E-state index contributed by atoms with van der Waals surface area (Å²) in [5, 5.41) is 19.3. The minimum absolute atomic E-state index is 0.0202. The Kier molecular flexibility index (Phi) is 22.8. The first-order chi connectivity index (χ1) is 38.3. The molecule has 80 heavy (non-hydrogen) atoms. The summed E-state index contributed by atoms with van der Waals surface area (Å²) in [7, 11) is 0. The van der Waals surface area contributed by atoms with Crippen LogP contribution >= 0.6 is 0 Å². The summed E-state index contributed by atoms with van der Waals surface area (Å²) < 4.78 is 7.08. The minimum atomic E-state index is -0.140. The fraction of sp³-hybridized carbons (Fsp3) is 0.342. The largest absolute Gasteiger partial charge is 0.505 e. The molecule has 6 aromatic rings. The number of phenols is 1. The van der Waals surface area contributed by atoms with Gasteiger partial charge in [0.25, 0.3) is 0 Å². The van der Waals surface area contributed by atoms with Gasteiger partial charge in [0.05, 0.1) is 22.8 Å². The molecule has 4 heteroatoms. The van der Waals surface area contributed by atoms with Crippen molar-refractivity contribution in [1.29, 1.82) is 0 Å². The predicted octanol–water partition coefficient (Wildman–Crippen LogP) is 23.0. The average Bonchev–Trinajstić information content (AvgIpc) is 3.49. The summed E-state index contributed by atoms with van der Waals surface area (Å²) in [6.45, 7) is 48.3. The van der Waals surface area contributed by atoms with E-state index in [4.69, 9.17) is 4.74 Å². The Morgan fingerprint density at radius 1 is 0.775 bits per heavy atom. The molecule has 0 spiro atoms. The number of para-hydroxylation sites is 1. The fourth-order valence-corrected chi connectivity index (χ4v) is 11.4. The molecule has 0 amide bonds. The summed E-state index contributed by atoms with van der Waals surface area (Å²) in [6, 6.07) is 28.9. The molecule has 4 nitrogen and oxygen atoms in total. The molecule has 4 bridgehead atoms. The molecule has 2 aliphatic rings. The van der Waals surface area contributed by atoms with Crippen LogP contribution in [-0.4, -0.2) is 11.7 Å². The molecular weight excluding hydrogens is 973 g/mol. The van der Waals surface area contributed by atoms with Gasteiger partial charge in [-0.2, -0.15) is 0 Å². The maximum Gasteiger partial charge on any atom is 0.150 e. The number of hydrogen-bond acceptors (Lipinski definition) is 4. The predicted molar refractivity (Wildman–Crippen MR) is 356 cm³/mol. The van der Waals surface area contributed by atoms with Crippen LogP contribution < -0.4 is 9.80 Å². The van der Waals surface area contributed by atoms with Crippen molar-refractivity contribution < 1.29 is 9.84 Å². The van der Waals surface area contributed by atoms with E-state index in [-0.39, 0.29) is 17.1 Å². The standard InChI is InChI=1S/C64H66N2O2.C8H18.2C2H6/c1-12-17-19-25-43(7)53-31-23-32-56(62(53)67)65(49(15-4)29-20-18-13-2)58-37-44(8)51-34-36-55-59(38-45(9)52-33-35-54(58)60(51)61(52)55)66-50-30-22-27-47(39-50)40-64(11,16-5)48-28-21-26-42(6)46(10)63(68-41-48)57(66)24-14-3;1-7(2)6-8(3,4)5;2*1-2/h12-15,17-39,43,67H,6,10,16,40-41H2,1-5,7-9,11H3;7H,6H2,1-5H3;2*1-2H3/b17-12-,18-13-,24-14-,25-19-,26-21-,29-20-,48-28+,49-15+,63-57-;;;. The lowest BCUT2D eigenvalue weighted by Crippen LogP contribution is -2.24. The van der Waals surface area contributed by atoms with Gasteiger partial charge in [-0.15, -0.1) is 0 Å². The lowest BCUT2D eigenvalue weighted by molar-refractivity contribution is 0.214. The number of nitrogens with zero attached hydrogens (tertiary/aromatic N) is 2. The highest BCUT2D eigenvalue weighted by molar-refractivity contribution is 6.29. The molecule has 0 aliphatic carbocycles. The Morgan fingerprint density at radius 3 is 2.01 bits per heavy atom. The fourth-order valence-electron chi connectivity index (χ4n) is 11.4. The maximum absolute atomic E-state index is 12.4. The Hall–Kier alpha value is -7.30. The van der Waals surface area contributed by atoms with Crippen molar-refractivity contribution in [1.82, 2.24) is 0 Å². The van der Waals surface area contributed by atoms with Crippen LogP contribution in [0.25, 0.3) is 32.3 Å². The van der Waals surface area contributed by atoms with Crippen LogP contribution in [0.4, 0.5) is 22.7 Å². The number of anilines is 4. The molecule has 0 aromatic heterocycles. The lowest BCUT2D eigenvalue weighted by atomic mass is 9.74. The Bertz CT molecular complexity index is 3410. The summed E-state index contributed by atoms with van der Waals surface area (Å²) in [5.41, 5.74) is 13.2. The second kappa shape index (κ2) is 28.7. The maximum atomic E-state index is 12.4. The van der Waals surface area contributed by atoms with Crippen LogP contribution in [0.5, 0.6) is 5.75 Å².